The number of hydrogen-bond acceptors (Lipinski definition) is 4. The normalized spacial score (nSPS) is 14.1. The Morgan fingerprint density at radius 2 is 1.39 bits per heavy atom. The first kappa shape index (κ1) is 19.7. The van der Waals surface area contributed by atoms with Gasteiger partial charge in [-0.1, -0.05) is 18.2 Å². The molecule has 1 saturated heterocycles. The van der Waals surface area contributed by atoms with Crippen LogP contribution in [-0.2, 0) is 0 Å². The predicted octanol–water partition coefficient (Wildman–Crippen LogP) is 3.08. The number of piperazine rings is 1. The zero-order valence-corrected chi connectivity index (χ0v) is 16.6. The molecule has 6 nitrogen and oxygen atoms in total. The summed E-state index contributed by atoms with van der Waals surface area (Å²) in [5.41, 5.74) is 1.23. The van der Waals surface area contributed by atoms with Gasteiger partial charge in [0, 0.05) is 37.3 Å². The van der Waals surface area contributed by atoms with Gasteiger partial charge in [0.2, 0.25) is 0 Å². The fraction of sp³-hybridized carbons (Fsp3) is 0.364. The Balaban J connectivity index is 1.64. The highest BCUT2D eigenvalue weighted by atomic mass is 16.5. The van der Waals surface area contributed by atoms with Crippen molar-refractivity contribution in [2.75, 3.05) is 33.3 Å². The Bertz CT molecular complexity index is 828. The van der Waals surface area contributed by atoms with Crippen molar-refractivity contribution in [3.05, 3.63) is 59.7 Å². The van der Waals surface area contributed by atoms with Gasteiger partial charge in [0.15, 0.2) is 11.5 Å². The van der Waals surface area contributed by atoms with E-state index in [0.29, 0.717) is 48.8 Å². The van der Waals surface area contributed by atoms with Gasteiger partial charge in [0.25, 0.3) is 11.8 Å². The fourth-order valence-electron chi connectivity index (χ4n) is 3.21. The minimum absolute atomic E-state index is 0.00422. The molecule has 0 unspecified atom stereocenters. The van der Waals surface area contributed by atoms with Crippen LogP contribution in [0, 0.1) is 0 Å². The molecule has 0 saturated carbocycles. The molecule has 1 fully saturated rings. The van der Waals surface area contributed by atoms with Gasteiger partial charge in [-0.3, -0.25) is 9.59 Å². The van der Waals surface area contributed by atoms with E-state index in [9.17, 15) is 9.59 Å². The van der Waals surface area contributed by atoms with Crippen molar-refractivity contribution in [2.45, 2.75) is 20.0 Å². The highest BCUT2D eigenvalue weighted by Crippen LogP contribution is 2.29. The third-order valence-electron chi connectivity index (χ3n) is 4.65. The van der Waals surface area contributed by atoms with Crippen LogP contribution in [0.25, 0.3) is 0 Å². The Morgan fingerprint density at radius 1 is 0.821 bits per heavy atom. The standard InChI is InChI=1S/C22H26N2O4/c1-16(2)28-19-10-9-18(15-20(19)27-3)22(26)24-13-11-23(12-14-24)21(25)17-7-5-4-6-8-17/h4-10,15-16H,11-14H2,1-3H3. The molecule has 0 bridgehead atoms. The first-order valence-corrected chi connectivity index (χ1v) is 9.48. The van der Waals surface area contributed by atoms with Gasteiger partial charge in [0.05, 0.1) is 13.2 Å². The van der Waals surface area contributed by atoms with Crippen molar-refractivity contribution in [1.82, 2.24) is 9.80 Å². The molecular formula is C22H26N2O4. The highest BCUT2D eigenvalue weighted by molar-refractivity contribution is 5.96. The molecule has 3 rings (SSSR count). The van der Waals surface area contributed by atoms with Gasteiger partial charge in [-0.2, -0.15) is 0 Å². The van der Waals surface area contributed by atoms with Crippen molar-refractivity contribution >= 4 is 11.8 Å². The minimum Gasteiger partial charge on any atom is -0.493 e. The van der Waals surface area contributed by atoms with Crippen molar-refractivity contribution < 1.29 is 19.1 Å². The van der Waals surface area contributed by atoms with Crippen molar-refractivity contribution in [1.29, 1.82) is 0 Å². The van der Waals surface area contributed by atoms with Gasteiger partial charge in [-0.05, 0) is 44.2 Å². The summed E-state index contributed by atoms with van der Waals surface area (Å²) in [6.45, 7) is 5.92. The molecule has 1 aliphatic heterocycles. The molecular weight excluding hydrogens is 356 g/mol. The molecule has 148 valence electrons. The van der Waals surface area contributed by atoms with Crippen LogP contribution in [0.1, 0.15) is 34.6 Å². The van der Waals surface area contributed by atoms with Crippen LogP contribution in [0.5, 0.6) is 11.5 Å². The number of ether oxygens (including phenoxy) is 2. The Labute approximate surface area is 165 Å². The maximum atomic E-state index is 12.9. The van der Waals surface area contributed by atoms with Crippen molar-refractivity contribution in [3.8, 4) is 11.5 Å². The lowest BCUT2D eigenvalue weighted by Gasteiger charge is -2.35. The van der Waals surface area contributed by atoms with Gasteiger partial charge >= 0.3 is 0 Å². The number of carbonyl (C=O) groups excluding carboxylic acids is 2. The second-order valence-corrected chi connectivity index (χ2v) is 6.98. The SMILES string of the molecule is COc1cc(C(=O)N2CCN(C(=O)c3ccccc3)CC2)ccc1OC(C)C. The molecule has 0 aliphatic carbocycles. The smallest absolute Gasteiger partial charge is 0.254 e. The predicted molar refractivity (Wildman–Crippen MR) is 107 cm³/mol. The van der Waals surface area contributed by atoms with Crippen LogP contribution >= 0.6 is 0 Å². The number of rotatable bonds is 5. The summed E-state index contributed by atoms with van der Waals surface area (Å²) in [5.74, 6) is 1.09. The third-order valence-corrected chi connectivity index (χ3v) is 4.65. The monoisotopic (exact) mass is 382 g/mol. The third kappa shape index (κ3) is 4.44. The zero-order valence-electron chi connectivity index (χ0n) is 16.6. The van der Waals surface area contributed by atoms with Crippen molar-refractivity contribution in [2.24, 2.45) is 0 Å². The second kappa shape index (κ2) is 8.78. The van der Waals surface area contributed by atoms with Gasteiger partial charge in [-0.25, -0.2) is 0 Å². The lowest BCUT2D eigenvalue weighted by Crippen LogP contribution is -2.50. The van der Waals surface area contributed by atoms with Crippen LogP contribution in [0.15, 0.2) is 48.5 Å². The summed E-state index contributed by atoms with van der Waals surface area (Å²) >= 11 is 0. The van der Waals surface area contributed by atoms with Crippen LogP contribution in [-0.4, -0.2) is 61.0 Å². The van der Waals surface area contributed by atoms with E-state index >= 15 is 0 Å². The number of benzene rings is 2. The summed E-state index contributed by atoms with van der Waals surface area (Å²) in [7, 11) is 1.56. The van der Waals surface area contributed by atoms with E-state index in [1.165, 1.54) is 0 Å². The van der Waals surface area contributed by atoms with Gasteiger partial charge in [0.1, 0.15) is 0 Å². The van der Waals surface area contributed by atoms with Gasteiger partial charge in [-0.15, -0.1) is 0 Å². The fourth-order valence-corrected chi connectivity index (χ4v) is 3.21. The Hall–Kier alpha value is -3.02. The van der Waals surface area contributed by atoms with Crippen LogP contribution in [0.4, 0.5) is 0 Å². The molecule has 2 aromatic carbocycles. The van der Waals surface area contributed by atoms with Crippen molar-refractivity contribution in [3.63, 3.8) is 0 Å². The summed E-state index contributed by atoms with van der Waals surface area (Å²) in [6, 6.07) is 14.5. The maximum absolute atomic E-state index is 12.9. The Morgan fingerprint density at radius 3 is 1.93 bits per heavy atom. The molecule has 1 aliphatic rings. The molecule has 6 heteroatoms. The molecule has 0 radical (unpaired) electrons. The van der Waals surface area contributed by atoms with E-state index in [2.05, 4.69) is 0 Å². The summed E-state index contributed by atoms with van der Waals surface area (Å²) < 4.78 is 11.1. The lowest BCUT2D eigenvalue weighted by molar-refractivity contribution is 0.0535. The molecule has 0 spiro atoms. The topological polar surface area (TPSA) is 59.1 Å². The maximum Gasteiger partial charge on any atom is 0.254 e. The molecule has 28 heavy (non-hydrogen) atoms. The van der Waals surface area contributed by atoms with Crippen LogP contribution in [0.2, 0.25) is 0 Å². The van der Waals surface area contributed by atoms with E-state index in [4.69, 9.17) is 9.47 Å². The number of hydrogen-bond donors (Lipinski definition) is 0. The molecule has 2 aromatic rings. The van der Waals surface area contributed by atoms with E-state index in [0.717, 1.165) is 0 Å². The second-order valence-electron chi connectivity index (χ2n) is 6.98. The number of amides is 2. The van der Waals surface area contributed by atoms with Crippen LogP contribution < -0.4 is 9.47 Å². The highest BCUT2D eigenvalue weighted by Gasteiger charge is 2.26. The zero-order chi connectivity index (χ0) is 20.1. The molecule has 0 N–H and O–H groups in total. The molecule has 1 heterocycles. The van der Waals surface area contributed by atoms with E-state index in [1.54, 1.807) is 35.1 Å². The summed E-state index contributed by atoms with van der Waals surface area (Å²) in [6.07, 6.45) is 0.0191. The molecule has 2 amide bonds. The van der Waals surface area contributed by atoms with Crippen LogP contribution in [0.3, 0.4) is 0 Å². The Kier molecular flexibility index (Phi) is 6.19. The molecule has 0 atom stereocenters. The number of carbonyl (C=O) groups is 2. The average molecular weight is 382 g/mol. The molecule has 0 aromatic heterocycles. The van der Waals surface area contributed by atoms with E-state index in [-0.39, 0.29) is 17.9 Å². The number of nitrogens with zero attached hydrogens (tertiary/aromatic N) is 2. The number of methoxy groups -OCH3 is 1. The first-order valence-electron chi connectivity index (χ1n) is 9.48. The van der Waals surface area contributed by atoms with E-state index < -0.39 is 0 Å². The average Bonchev–Trinajstić information content (AvgIpc) is 2.73. The van der Waals surface area contributed by atoms with E-state index in [1.807, 2.05) is 44.2 Å². The minimum atomic E-state index is -0.0683. The quantitative estimate of drug-likeness (QED) is 0.797. The summed E-state index contributed by atoms with van der Waals surface area (Å²) in [4.78, 5) is 29.0. The lowest BCUT2D eigenvalue weighted by atomic mass is 10.1. The summed E-state index contributed by atoms with van der Waals surface area (Å²) in [5, 5.41) is 0. The van der Waals surface area contributed by atoms with Gasteiger partial charge < -0.3 is 19.3 Å². The first-order chi connectivity index (χ1) is 13.5. The largest absolute Gasteiger partial charge is 0.493 e.